The Bertz CT molecular complexity index is 395. The summed E-state index contributed by atoms with van der Waals surface area (Å²) in [7, 11) is 0. The van der Waals surface area contributed by atoms with E-state index in [4.69, 9.17) is 0 Å². The number of halogens is 1. The molecule has 0 radical (unpaired) electrons. The van der Waals surface area contributed by atoms with Crippen LogP contribution >= 0.6 is 12.4 Å². The van der Waals surface area contributed by atoms with Crippen molar-refractivity contribution in [1.82, 2.24) is 10.2 Å². The highest BCUT2D eigenvalue weighted by Gasteiger charge is 2.23. The van der Waals surface area contributed by atoms with Gasteiger partial charge in [0, 0.05) is 44.4 Å². The second-order valence-corrected chi connectivity index (χ2v) is 4.88. The molecule has 0 bridgehead atoms. The molecule has 2 rings (SSSR count). The van der Waals surface area contributed by atoms with Gasteiger partial charge in [0.1, 0.15) is 5.75 Å². The Hall–Kier alpha value is -0.810. The monoisotopic (exact) mass is 286 g/mol. The van der Waals surface area contributed by atoms with Crippen molar-refractivity contribution in [3.05, 3.63) is 29.3 Å². The summed E-state index contributed by atoms with van der Waals surface area (Å²) >= 11 is 0. The van der Waals surface area contributed by atoms with Crippen LogP contribution in [0.3, 0.4) is 0 Å². The molecule has 1 heterocycles. The molecule has 19 heavy (non-hydrogen) atoms. The Labute approximate surface area is 120 Å². The molecule has 0 saturated carbocycles. The Balaban J connectivity index is 0.00000180. The number of phenols is 1. The molecule has 5 heteroatoms. The van der Waals surface area contributed by atoms with E-state index in [9.17, 15) is 10.2 Å². The second-order valence-electron chi connectivity index (χ2n) is 4.88. The van der Waals surface area contributed by atoms with Gasteiger partial charge in [-0.05, 0) is 25.0 Å². The average Bonchev–Trinajstić information content (AvgIpc) is 2.38. The number of nitrogens with zero attached hydrogens (tertiary/aromatic N) is 1. The highest BCUT2D eigenvalue weighted by atomic mass is 35.5. The van der Waals surface area contributed by atoms with Crippen LogP contribution in [0.1, 0.15) is 23.6 Å². The molecule has 0 amide bonds. The number of phenolic OH excluding ortho intramolecular Hbond substituents is 1. The smallest absolute Gasteiger partial charge is 0.120 e. The number of piperazine rings is 1. The SMILES string of the molecule is Cc1ccc([C@@H](CCO)N2CCNCC2)c(O)c1.Cl. The van der Waals surface area contributed by atoms with Crippen LogP contribution in [0.25, 0.3) is 0 Å². The molecule has 1 aliphatic heterocycles. The van der Waals surface area contributed by atoms with Crippen LogP contribution in [0.4, 0.5) is 0 Å². The minimum atomic E-state index is 0. The van der Waals surface area contributed by atoms with E-state index < -0.39 is 0 Å². The predicted octanol–water partition coefficient (Wildman–Crippen LogP) is 1.45. The van der Waals surface area contributed by atoms with Crippen LogP contribution in [-0.4, -0.2) is 47.9 Å². The molecule has 1 aromatic carbocycles. The number of benzene rings is 1. The van der Waals surface area contributed by atoms with Crippen LogP contribution in [0, 0.1) is 6.92 Å². The number of hydrogen-bond acceptors (Lipinski definition) is 4. The molecule has 0 aromatic heterocycles. The van der Waals surface area contributed by atoms with Crippen molar-refractivity contribution in [2.45, 2.75) is 19.4 Å². The van der Waals surface area contributed by atoms with E-state index >= 15 is 0 Å². The highest BCUT2D eigenvalue weighted by molar-refractivity contribution is 5.85. The molecule has 1 fully saturated rings. The van der Waals surface area contributed by atoms with E-state index in [1.807, 2.05) is 19.1 Å². The minimum absolute atomic E-state index is 0. The zero-order valence-electron chi connectivity index (χ0n) is 11.3. The molecule has 0 spiro atoms. The lowest BCUT2D eigenvalue weighted by Crippen LogP contribution is -2.45. The van der Waals surface area contributed by atoms with E-state index in [2.05, 4.69) is 10.2 Å². The topological polar surface area (TPSA) is 55.7 Å². The molecule has 1 aliphatic rings. The third kappa shape index (κ3) is 4.08. The predicted molar refractivity (Wildman–Crippen MR) is 79.0 cm³/mol. The first-order valence-corrected chi connectivity index (χ1v) is 6.57. The zero-order chi connectivity index (χ0) is 13.0. The van der Waals surface area contributed by atoms with Crippen molar-refractivity contribution in [2.24, 2.45) is 0 Å². The zero-order valence-corrected chi connectivity index (χ0v) is 12.1. The molecule has 0 unspecified atom stereocenters. The fraction of sp³-hybridized carbons (Fsp3) is 0.571. The summed E-state index contributed by atoms with van der Waals surface area (Å²) in [6, 6.07) is 5.90. The third-order valence-corrected chi connectivity index (χ3v) is 3.54. The van der Waals surface area contributed by atoms with Gasteiger partial charge in [0.25, 0.3) is 0 Å². The van der Waals surface area contributed by atoms with E-state index in [1.54, 1.807) is 6.07 Å². The van der Waals surface area contributed by atoms with Crippen LogP contribution in [0.2, 0.25) is 0 Å². The van der Waals surface area contributed by atoms with Crippen LogP contribution < -0.4 is 5.32 Å². The van der Waals surface area contributed by atoms with Gasteiger partial charge in [0.05, 0.1) is 0 Å². The van der Waals surface area contributed by atoms with Crippen molar-refractivity contribution in [3.8, 4) is 5.75 Å². The summed E-state index contributed by atoms with van der Waals surface area (Å²) in [5.74, 6) is 0.340. The Morgan fingerprint density at radius 1 is 1.32 bits per heavy atom. The lowest BCUT2D eigenvalue weighted by molar-refractivity contribution is 0.139. The Kier molecular flexibility index (Phi) is 6.58. The number of aliphatic hydroxyl groups excluding tert-OH is 1. The molecule has 1 atom stereocenters. The summed E-state index contributed by atoms with van der Waals surface area (Å²) < 4.78 is 0. The number of aromatic hydroxyl groups is 1. The Morgan fingerprint density at radius 3 is 2.58 bits per heavy atom. The van der Waals surface area contributed by atoms with Gasteiger partial charge in [0.15, 0.2) is 0 Å². The number of aryl methyl sites for hydroxylation is 1. The first-order chi connectivity index (χ1) is 8.72. The van der Waals surface area contributed by atoms with Crippen molar-refractivity contribution in [2.75, 3.05) is 32.8 Å². The van der Waals surface area contributed by atoms with Crippen molar-refractivity contribution >= 4 is 12.4 Å². The summed E-state index contributed by atoms with van der Waals surface area (Å²) in [5, 5.41) is 22.7. The largest absolute Gasteiger partial charge is 0.508 e. The number of aliphatic hydroxyl groups is 1. The van der Waals surface area contributed by atoms with Gasteiger partial charge in [0.2, 0.25) is 0 Å². The van der Waals surface area contributed by atoms with Gasteiger partial charge in [-0.15, -0.1) is 12.4 Å². The third-order valence-electron chi connectivity index (χ3n) is 3.54. The first-order valence-electron chi connectivity index (χ1n) is 6.57. The van der Waals surface area contributed by atoms with Gasteiger partial charge < -0.3 is 15.5 Å². The molecular weight excluding hydrogens is 264 g/mol. The van der Waals surface area contributed by atoms with Crippen molar-refractivity contribution in [3.63, 3.8) is 0 Å². The van der Waals surface area contributed by atoms with Crippen LogP contribution in [0.5, 0.6) is 5.75 Å². The standard InChI is InChI=1S/C14H22N2O2.ClH/c1-11-2-3-12(14(18)10-11)13(4-9-17)16-7-5-15-6-8-16;/h2-3,10,13,15,17-18H,4-9H2,1H3;1H/t13-;/m1./s1. The molecule has 3 N–H and O–H groups in total. The first kappa shape index (κ1) is 16.2. The van der Waals surface area contributed by atoms with E-state index in [-0.39, 0.29) is 25.1 Å². The van der Waals surface area contributed by atoms with Crippen molar-refractivity contribution < 1.29 is 10.2 Å². The molecule has 1 aromatic rings. The molecule has 1 saturated heterocycles. The van der Waals surface area contributed by atoms with E-state index in [1.165, 1.54) is 0 Å². The number of rotatable bonds is 4. The summed E-state index contributed by atoms with van der Waals surface area (Å²) in [5.41, 5.74) is 1.98. The quantitative estimate of drug-likeness (QED) is 0.784. The van der Waals surface area contributed by atoms with Crippen molar-refractivity contribution in [1.29, 1.82) is 0 Å². The highest BCUT2D eigenvalue weighted by Crippen LogP contribution is 2.31. The average molecular weight is 287 g/mol. The van der Waals surface area contributed by atoms with E-state index in [0.29, 0.717) is 12.2 Å². The normalized spacial score (nSPS) is 17.8. The maximum absolute atomic E-state index is 10.1. The molecular formula is C14H23ClN2O2. The Morgan fingerprint density at radius 2 is 2.00 bits per heavy atom. The fourth-order valence-electron chi connectivity index (χ4n) is 2.59. The maximum Gasteiger partial charge on any atom is 0.120 e. The van der Waals surface area contributed by atoms with Gasteiger partial charge in [-0.3, -0.25) is 4.90 Å². The van der Waals surface area contributed by atoms with Gasteiger partial charge >= 0.3 is 0 Å². The van der Waals surface area contributed by atoms with E-state index in [0.717, 1.165) is 37.3 Å². The van der Waals surface area contributed by atoms with Crippen LogP contribution in [0.15, 0.2) is 18.2 Å². The lowest BCUT2D eigenvalue weighted by atomic mass is 9.99. The molecule has 4 nitrogen and oxygen atoms in total. The van der Waals surface area contributed by atoms with Gasteiger partial charge in [-0.25, -0.2) is 0 Å². The maximum atomic E-state index is 10.1. The lowest BCUT2D eigenvalue weighted by Gasteiger charge is -2.35. The molecule has 108 valence electrons. The van der Waals surface area contributed by atoms with Crippen LogP contribution in [-0.2, 0) is 0 Å². The minimum Gasteiger partial charge on any atom is -0.508 e. The summed E-state index contributed by atoms with van der Waals surface area (Å²) in [6.45, 7) is 5.95. The fourth-order valence-corrected chi connectivity index (χ4v) is 2.59. The van der Waals surface area contributed by atoms with Gasteiger partial charge in [-0.2, -0.15) is 0 Å². The number of nitrogens with one attached hydrogen (secondary N) is 1. The second kappa shape index (κ2) is 7.70. The molecule has 0 aliphatic carbocycles. The van der Waals surface area contributed by atoms with Gasteiger partial charge in [-0.1, -0.05) is 12.1 Å². The summed E-state index contributed by atoms with van der Waals surface area (Å²) in [4.78, 5) is 2.33. The summed E-state index contributed by atoms with van der Waals surface area (Å²) in [6.07, 6.45) is 0.663. The number of hydrogen-bond donors (Lipinski definition) is 3.